The molecular weight excluding hydrogens is 246 g/mol. The van der Waals surface area contributed by atoms with E-state index >= 15 is 0 Å². The van der Waals surface area contributed by atoms with Crippen LogP contribution in [0.5, 0.6) is 0 Å². The van der Waals surface area contributed by atoms with Crippen molar-refractivity contribution >= 4 is 17.5 Å². The number of nitrogens with zero attached hydrogens (tertiary/aromatic N) is 1. The fourth-order valence-electron chi connectivity index (χ4n) is 3.54. The standard InChI is InChI=1S/C15H18ClNO/c16-10-14(11-5-2-1-3-6-11)17-13-8-4-7-12(13)9-15(17)18/h1-3,5-6,12-14H,4,7-10H2/t12-,13-,14+/m1/s1. The van der Waals surface area contributed by atoms with E-state index in [1.807, 2.05) is 18.2 Å². The summed E-state index contributed by atoms with van der Waals surface area (Å²) in [6, 6.07) is 10.7. The summed E-state index contributed by atoms with van der Waals surface area (Å²) in [7, 11) is 0. The van der Waals surface area contributed by atoms with Crippen molar-refractivity contribution < 1.29 is 4.79 Å². The number of benzene rings is 1. The number of carbonyl (C=O) groups is 1. The van der Waals surface area contributed by atoms with E-state index in [2.05, 4.69) is 17.0 Å². The average Bonchev–Trinajstić information content (AvgIpc) is 2.94. The van der Waals surface area contributed by atoms with Gasteiger partial charge in [0.15, 0.2) is 0 Å². The molecule has 2 nitrogen and oxygen atoms in total. The molecule has 1 aromatic carbocycles. The van der Waals surface area contributed by atoms with Crippen LogP contribution in [0, 0.1) is 5.92 Å². The molecule has 1 aliphatic carbocycles. The number of rotatable bonds is 3. The van der Waals surface area contributed by atoms with E-state index in [1.54, 1.807) is 0 Å². The highest BCUT2D eigenvalue weighted by Gasteiger charge is 2.45. The minimum Gasteiger partial charge on any atom is -0.331 e. The van der Waals surface area contributed by atoms with Crippen LogP contribution in [0.3, 0.4) is 0 Å². The van der Waals surface area contributed by atoms with Gasteiger partial charge in [0.2, 0.25) is 5.91 Å². The Hall–Kier alpha value is -1.02. The van der Waals surface area contributed by atoms with Crippen molar-refractivity contribution in [2.75, 3.05) is 5.88 Å². The van der Waals surface area contributed by atoms with Crippen LogP contribution in [0.1, 0.15) is 37.3 Å². The Morgan fingerprint density at radius 1 is 1.28 bits per heavy atom. The maximum atomic E-state index is 12.2. The normalized spacial score (nSPS) is 28.5. The molecule has 0 spiro atoms. The van der Waals surface area contributed by atoms with Crippen molar-refractivity contribution in [1.29, 1.82) is 0 Å². The predicted octanol–water partition coefficient (Wildman–Crippen LogP) is 3.37. The Kier molecular flexibility index (Phi) is 3.29. The second kappa shape index (κ2) is 4.93. The Morgan fingerprint density at radius 3 is 2.78 bits per heavy atom. The van der Waals surface area contributed by atoms with Crippen LogP contribution in [-0.4, -0.2) is 22.7 Å². The number of hydrogen-bond donors (Lipinski definition) is 0. The SMILES string of the molecule is O=C1C[C@H]2CCC[C@H]2N1[C@@H](CCl)c1ccccc1. The molecule has 1 saturated carbocycles. The van der Waals surface area contributed by atoms with Gasteiger partial charge in [0.25, 0.3) is 0 Å². The van der Waals surface area contributed by atoms with Gasteiger partial charge in [-0.05, 0) is 24.3 Å². The zero-order valence-electron chi connectivity index (χ0n) is 10.4. The van der Waals surface area contributed by atoms with Crippen LogP contribution < -0.4 is 0 Å². The van der Waals surface area contributed by atoms with Gasteiger partial charge in [0.1, 0.15) is 0 Å². The van der Waals surface area contributed by atoms with Crippen LogP contribution >= 0.6 is 11.6 Å². The number of fused-ring (bicyclic) bond motifs is 1. The molecule has 0 bridgehead atoms. The summed E-state index contributed by atoms with van der Waals surface area (Å²) in [5, 5.41) is 0. The van der Waals surface area contributed by atoms with Gasteiger partial charge in [-0.15, -0.1) is 11.6 Å². The van der Waals surface area contributed by atoms with E-state index in [9.17, 15) is 4.79 Å². The van der Waals surface area contributed by atoms with Crippen molar-refractivity contribution in [3.63, 3.8) is 0 Å². The summed E-state index contributed by atoms with van der Waals surface area (Å²) in [6.45, 7) is 0. The molecule has 0 radical (unpaired) electrons. The van der Waals surface area contributed by atoms with Gasteiger partial charge in [-0.2, -0.15) is 0 Å². The summed E-state index contributed by atoms with van der Waals surface area (Å²) in [4.78, 5) is 14.3. The van der Waals surface area contributed by atoms with Crippen molar-refractivity contribution in [1.82, 2.24) is 4.90 Å². The minimum absolute atomic E-state index is 0.0495. The summed E-state index contributed by atoms with van der Waals surface area (Å²) in [5.74, 6) is 1.35. The lowest BCUT2D eigenvalue weighted by Crippen LogP contribution is -2.37. The second-order valence-electron chi connectivity index (χ2n) is 5.34. The average molecular weight is 264 g/mol. The third-order valence-corrected chi connectivity index (χ3v) is 4.66. The smallest absolute Gasteiger partial charge is 0.223 e. The first-order valence-corrected chi connectivity index (χ1v) is 7.27. The summed E-state index contributed by atoms with van der Waals surface area (Å²) >= 11 is 6.14. The molecule has 2 fully saturated rings. The van der Waals surface area contributed by atoms with Crippen LogP contribution in [0.25, 0.3) is 0 Å². The molecule has 3 heteroatoms. The zero-order valence-corrected chi connectivity index (χ0v) is 11.1. The second-order valence-corrected chi connectivity index (χ2v) is 5.65. The topological polar surface area (TPSA) is 20.3 Å². The third-order valence-electron chi connectivity index (χ3n) is 4.37. The molecule has 2 aliphatic rings. The number of amides is 1. The lowest BCUT2D eigenvalue weighted by Gasteiger charge is -2.32. The maximum absolute atomic E-state index is 12.2. The highest BCUT2D eigenvalue weighted by Crippen LogP contribution is 2.42. The van der Waals surface area contributed by atoms with E-state index in [4.69, 9.17) is 11.6 Å². The Morgan fingerprint density at radius 2 is 2.06 bits per heavy atom. The van der Waals surface area contributed by atoms with Crippen molar-refractivity contribution in [2.45, 2.75) is 37.8 Å². The quantitative estimate of drug-likeness (QED) is 0.766. The van der Waals surface area contributed by atoms with Crippen LogP contribution in [0.15, 0.2) is 30.3 Å². The fraction of sp³-hybridized carbons (Fsp3) is 0.533. The molecular formula is C15H18ClNO. The molecule has 3 rings (SSSR count). The van der Waals surface area contributed by atoms with Crippen LogP contribution in [-0.2, 0) is 4.79 Å². The number of likely N-dealkylation sites (tertiary alicyclic amines) is 1. The van der Waals surface area contributed by atoms with E-state index in [0.29, 0.717) is 23.7 Å². The first kappa shape index (κ1) is 12.0. The lowest BCUT2D eigenvalue weighted by atomic mass is 10.0. The van der Waals surface area contributed by atoms with E-state index in [-0.39, 0.29) is 6.04 Å². The molecule has 0 unspecified atom stereocenters. The van der Waals surface area contributed by atoms with Crippen molar-refractivity contribution in [3.05, 3.63) is 35.9 Å². The largest absolute Gasteiger partial charge is 0.331 e. The molecule has 1 heterocycles. The van der Waals surface area contributed by atoms with Crippen LogP contribution in [0.2, 0.25) is 0 Å². The van der Waals surface area contributed by atoms with Gasteiger partial charge in [0, 0.05) is 18.3 Å². The third kappa shape index (κ3) is 1.93. The number of halogens is 1. The maximum Gasteiger partial charge on any atom is 0.223 e. The summed E-state index contributed by atoms with van der Waals surface area (Å²) in [6.07, 6.45) is 4.33. The molecule has 18 heavy (non-hydrogen) atoms. The zero-order chi connectivity index (χ0) is 12.5. The lowest BCUT2D eigenvalue weighted by molar-refractivity contribution is -0.131. The Bertz CT molecular complexity index is 433. The first-order chi connectivity index (χ1) is 8.81. The summed E-state index contributed by atoms with van der Waals surface area (Å²) < 4.78 is 0. The number of alkyl halides is 1. The Labute approximate surface area is 113 Å². The molecule has 0 N–H and O–H groups in total. The van der Waals surface area contributed by atoms with Gasteiger partial charge in [-0.25, -0.2) is 0 Å². The van der Waals surface area contributed by atoms with Gasteiger partial charge >= 0.3 is 0 Å². The van der Waals surface area contributed by atoms with E-state index < -0.39 is 0 Å². The van der Waals surface area contributed by atoms with Crippen molar-refractivity contribution in [3.8, 4) is 0 Å². The van der Waals surface area contributed by atoms with Gasteiger partial charge in [-0.3, -0.25) is 4.79 Å². The molecule has 1 aromatic rings. The van der Waals surface area contributed by atoms with E-state index in [0.717, 1.165) is 18.4 Å². The molecule has 1 amide bonds. The molecule has 0 aromatic heterocycles. The van der Waals surface area contributed by atoms with Gasteiger partial charge in [-0.1, -0.05) is 36.8 Å². The molecule has 3 atom stereocenters. The first-order valence-electron chi connectivity index (χ1n) is 6.73. The minimum atomic E-state index is 0.0495. The van der Waals surface area contributed by atoms with Crippen molar-refractivity contribution in [2.24, 2.45) is 5.92 Å². The van der Waals surface area contributed by atoms with Gasteiger partial charge in [0.05, 0.1) is 6.04 Å². The molecule has 96 valence electrons. The fourth-order valence-corrected chi connectivity index (χ4v) is 3.87. The highest BCUT2D eigenvalue weighted by molar-refractivity contribution is 6.18. The number of hydrogen-bond acceptors (Lipinski definition) is 1. The van der Waals surface area contributed by atoms with Gasteiger partial charge < -0.3 is 4.90 Å². The van der Waals surface area contributed by atoms with Crippen LogP contribution in [0.4, 0.5) is 0 Å². The monoisotopic (exact) mass is 263 g/mol. The molecule has 1 saturated heterocycles. The predicted molar refractivity (Wildman–Crippen MR) is 72.5 cm³/mol. The highest BCUT2D eigenvalue weighted by atomic mass is 35.5. The van der Waals surface area contributed by atoms with E-state index in [1.165, 1.54) is 12.8 Å². The Balaban J connectivity index is 1.89. The number of carbonyl (C=O) groups excluding carboxylic acids is 1. The molecule has 1 aliphatic heterocycles. The summed E-state index contributed by atoms with van der Waals surface area (Å²) in [5.41, 5.74) is 1.16.